The third-order valence-electron chi connectivity index (χ3n) is 4.41. The van der Waals surface area contributed by atoms with Crippen molar-refractivity contribution in [1.29, 1.82) is 5.26 Å². The highest BCUT2D eigenvalue weighted by atomic mass is 19.3. The van der Waals surface area contributed by atoms with E-state index < -0.39 is 17.8 Å². The van der Waals surface area contributed by atoms with Crippen LogP contribution in [0.15, 0.2) is 35.1 Å². The fourth-order valence-corrected chi connectivity index (χ4v) is 2.93. The van der Waals surface area contributed by atoms with Gasteiger partial charge >= 0.3 is 5.69 Å². The fourth-order valence-electron chi connectivity index (χ4n) is 2.93. The Balaban J connectivity index is 1.99. The summed E-state index contributed by atoms with van der Waals surface area (Å²) < 4.78 is 48.2. The van der Waals surface area contributed by atoms with Gasteiger partial charge < -0.3 is 4.74 Å². The molecule has 9 heteroatoms. The molecule has 3 aromatic rings. The van der Waals surface area contributed by atoms with Gasteiger partial charge in [-0.3, -0.25) is 4.57 Å². The smallest absolute Gasteiger partial charge is 0.343 e. The van der Waals surface area contributed by atoms with Gasteiger partial charge in [0.15, 0.2) is 11.6 Å². The van der Waals surface area contributed by atoms with Crippen molar-refractivity contribution in [2.24, 2.45) is 0 Å². The number of halogens is 3. The van der Waals surface area contributed by atoms with Gasteiger partial charge in [-0.1, -0.05) is 12.1 Å². The highest BCUT2D eigenvalue weighted by Crippen LogP contribution is 2.33. The van der Waals surface area contributed by atoms with E-state index in [1.807, 2.05) is 0 Å². The molecule has 3 rings (SSSR count). The molecule has 0 spiro atoms. The SMILES string of the molecule is CCn1c(Cc2ccc(C)c(Oc3cc(C#N)cc(C(F)F)c3)c2F)n[nH]c1=O. The molecule has 150 valence electrons. The second-order valence-electron chi connectivity index (χ2n) is 6.36. The number of nitrogens with one attached hydrogen (secondary N) is 1. The van der Waals surface area contributed by atoms with Gasteiger partial charge in [-0.2, -0.15) is 10.4 Å². The number of rotatable bonds is 6. The molecule has 0 radical (unpaired) electrons. The Morgan fingerprint density at radius 2 is 2.07 bits per heavy atom. The van der Waals surface area contributed by atoms with Gasteiger partial charge in [-0.05, 0) is 43.2 Å². The van der Waals surface area contributed by atoms with Gasteiger partial charge in [0, 0.05) is 18.5 Å². The molecule has 0 saturated heterocycles. The predicted molar refractivity (Wildman–Crippen MR) is 98.7 cm³/mol. The van der Waals surface area contributed by atoms with Crippen molar-refractivity contribution >= 4 is 0 Å². The van der Waals surface area contributed by atoms with Gasteiger partial charge in [-0.25, -0.2) is 23.1 Å². The van der Waals surface area contributed by atoms with E-state index in [1.54, 1.807) is 32.0 Å². The molecule has 0 fully saturated rings. The number of aromatic amines is 1. The molecule has 1 heterocycles. The van der Waals surface area contributed by atoms with E-state index in [2.05, 4.69) is 10.2 Å². The van der Waals surface area contributed by atoms with E-state index in [-0.39, 0.29) is 34.7 Å². The van der Waals surface area contributed by atoms with Crippen LogP contribution in [0.2, 0.25) is 0 Å². The first-order valence-corrected chi connectivity index (χ1v) is 8.77. The summed E-state index contributed by atoms with van der Waals surface area (Å²) >= 11 is 0. The van der Waals surface area contributed by atoms with Crippen LogP contribution in [0.25, 0.3) is 0 Å². The zero-order valence-electron chi connectivity index (χ0n) is 15.7. The summed E-state index contributed by atoms with van der Waals surface area (Å²) in [7, 11) is 0. The Labute approximate surface area is 164 Å². The molecule has 1 N–H and O–H groups in total. The monoisotopic (exact) mass is 402 g/mol. The van der Waals surface area contributed by atoms with Crippen LogP contribution in [0.5, 0.6) is 11.5 Å². The minimum absolute atomic E-state index is 0.0181. The number of alkyl halides is 2. The van der Waals surface area contributed by atoms with Crippen LogP contribution >= 0.6 is 0 Å². The van der Waals surface area contributed by atoms with E-state index in [1.165, 1.54) is 10.6 Å². The first-order valence-electron chi connectivity index (χ1n) is 8.77. The number of aromatic nitrogens is 3. The van der Waals surface area contributed by atoms with E-state index in [0.717, 1.165) is 12.1 Å². The zero-order valence-corrected chi connectivity index (χ0v) is 15.7. The lowest BCUT2D eigenvalue weighted by atomic mass is 10.1. The normalized spacial score (nSPS) is 10.9. The number of hydrogen-bond donors (Lipinski definition) is 1. The standard InChI is InChI=1S/C20H17F3N4O2/c1-3-27-16(25-26-20(27)28)9-13-5-4-11(2)18(17(13)21)29-15-7-12(10-24)6-14(8-15)19(22)23/h4-8,19H,3,9H2,1-2H3,(H,26,28). The lowest BCUT2D eigenvalue weighted by Crippen LogP contribution is -2.18. The summed E-state index contributed by atoms with van der Waals surface area (Å²) in [6, 6.07) is 8.34. The molecule has 0 atom stereocenters. The van der Waals surface area contributed by atoms with Crippen LogP contribution in [-0.2, 0) is 13.0 Å². The maximum absolute atomic E-state index is 15.1. The summed E-state index contributed by atoms with van der Waals surface area (Å²) in [6.45, 7) is 3.75. The van der Waals surface area contributed by atoms with E-state index in [0.29, 0.717) is 17.9 Å². The summed E-state index contributed by atoms with van der Waals surface area (Å²) in [5, 5.41) is 15.3. The largest absolute Gasteiger partial charge is 0.454 e. The number of benzene rings is 2. The van der Waals surface area contributed by atoms with Crippen molar-refractivity contribution in [3.63, 3.8) is 0 Å². The quantitative estimate of drug-likeness (QED) is 0.669. The highest BCUT2D eigenvalue weighted by Gasteiger charge is 2.18. The number of nitrogens with zero attached hydrogens (tertiary/aromatic N) is 3. The summed E-state index contributed by atoms with van der Waals surface area (Å²) in [4.78, 5) is 11.7. The van der Waals surface area contributed by atoms with Crippen LogP contribution < -0.4 is 10.4 Å². The average molecular weight is 402 g/mol. The highest BCUT2D eigenvalue weighted by molar-refractivity contribution is 5.46. The van der Waals surface area contributed by atoms with Gasteiger partial charge in [-0.15, -0.1) is 0 Å². The molecular weight excluding hydrogens is 385 g/mol. The second-order valence-corrected chi connectivity index (χ2v) is 6.36. The number of H-pyrrole nitrogens is 1. The Kier molecular flexibility index (Phi) is 5.73. The summed E-state index contributed by atoms with van der Waals surface area (Å²) in [6.07, 6.45) is -2.76. The molecular formula is C20H17F3N4O2. The molecule has 0 aliphatic heterocycles. The van der Waals surface area contributed by atoms with Crippen molar-refractivity contribution in [1.82, 2.24) is 14.8 Å². The number of hydrogen-bond acceptors (Lipinski definition) is 4. The van der Waals surface area contributed by atoms with E-state index in [9.17, 15) is 13.6 Å². The minimum Gasteiger partial charge on any atom is -0.454 e. The number of ether oxygens (including phenoxy) is 1. The van der Waals surface area contributed by atoms with Gasteiger partial charge in [0.1, 0.15) is 11.6 Å². The molecule has 0 aliphatic rings. The third kappa shape index (κ3) is 4.16. The molecule has 0 amide bonds. The average Bonchev–Trinajstić information content (AvgIpc) is 3.06. The predicted octanol–water partition coefficient (Wildman–Crippen LogP) is 4.23. The van der Waals surface area contributed by atoms with E-state index >= 15 is 4.39 Å². The Morgan fingerprint density at radius 3 is 2.72 bits per heavy atom. The minimum atomic E-state index is -2.80. The Morgan fingerprint density at radius 1 is 1.31 bits per heavy atom. The first kappa shape index (κ1) is 20.2. The van der Waals surface area contributed by atoms with Crippen molar-refractivity contribution in [2.45, 2.75) is 33.2 Å². The maximum Gasteiger partial charge on any atom is 0.343 e. The van der Waals surface area contributed by atoms with Crippen LogP contribution in [0.3, 0.4) is 0 Å². The Hall–Kier alpha value is -3.54. The molecule has 2 aromatic carbocycles. The van der Waals surface area contributed by atoms with Crippen LogP contribution in [0.1, 0.15) is 41.4 Å². The molecule has 6 nitrogen and oxygen atoms in total. The van der Waals surface area contributed by atoms with Gasteiger partial charge in [0.05, 0.1) is 11.6 Å². The number of aryl methyl sites for hydroxylation is 1. The lowest BCUT2D eigenvalue weighted by Gasteiger charge is -2.14. The topological polar surface area (TPSA) is 83.7 Å². The Bertz CT molecular complexity index is 1150. The molecule has 0 saturated carbocycles. The van der Waals surface area contributed by atoms with Crippen molar-refractivity contribution in [2.75, 3.05) is 0 Å². The molecule has 0 aliphatic carbocycles. The molecule has 1 aromatic heterocycles. The van der Waals surface area contributed by atoms with Crippen molar-refractivity contribution < 1.29 is 17.9 Å². The fraction of sp³-hybridized carbons (Fsp3) is 0.250. The van der Waals surface area contributed by atoms with Crippen LogP contribution in [0, 0.1) is 24.1 Å². The van der Waals surface area contributed by atoms with Crippen molar-refractivity contribution in [3.05, 3.63) is 74.7 Å². The molecule has 0 unspecified atom stereocenters. The number of nitriles is 1. The van der Waals surface area contributed by atoms with Crippen LogP contribution in [0.4, 0.5) is 13.2 Å². The van der Waals surface area contributed by atoms with Gasteiger partial charge in [0.2, 0.25) is 0 Å². The second kappa shape index (κ2) is 8.22. The zero-order chi connectivity index (χ0) is 21.1. The maximum atomic E-state index is 15.1. The summed E-state index contributed by atoms with van der Waals surface area (Å²) in [5.74, 6) is -0.538. The van der Waals surface area contributed by atoms with Crippen molar-refractivity contribution in [3.8, 4) is 17.6 Å². The molecule has 0 bridgehead atoms. The summed E-state index contributed by atoms with van der Waals surface area (Å²) in [5.41, 5.74) is -0.126. The van der Waals surface area contributed by atoms with Gasteiger partial charge in [0.25, 0.3) is 6.43 Å². The third-order valence-corrected chi connectivity index (χ3v) is 4.41. The molecule has 29 heavy (non-hydrogen) atoms. The van der Waals surface area contributed by atoms with E-state index in [4.69, 9.17) is 10.00 Å². The van der Waals surface area contributed by atoms with Crippen LogP contribution in [-0.4, -0.2) is 14.8 Å². The first-order chi connectivity index (χ1) is 13.8. The lowest BCUT2D eigenvalue weighted by molar-refractivity contribution is 0.151.